The largest absolute Gasteiger partial charge is 0.394 e. The first-order valence-electron chi connectivity index (χ1n) is 8.46. The van der Waals surface area contributed by atoms with Gasteiger partial charge < -0.3 is 20.3 Å². The molecule has 0 radical (unpaired) electrons. The third-order valence-corrected chi connectivity index (χ3v) is 4.37. The van der Waals surface area contributed by atoms with Crippen LogP contribution in [0.3, 0.4) is 0 Å². The summed E-state index contributed by atoms with van der Waals surface area (Å²) in [7, 11) is 0. The number of aliphatic hydroxyl groups excluding tert-OH is 2. The molecule has 1 saturated heterocycles. The van der Waals surface area contributed by atoms with E-state index in [1.165, 1.54) is 4.57 Å². The molecule has 2 heterocycles. The molecule has 26 heavy (non-hydrogen) atoms. The van der Waals surface area contributed by atoms with E-state index in [1.807, 2.05) is 13.0 Å². The Kier molecular flexibility index (Phi) is 5.46. The summed E-state index contributed by atoms with van der Waals surface area (Å²) >= 11 is 0. The third-order valence-electron chi connectivity index (χ3n) is 4.37. The molecule has 138 valence electrons. The van der Waals surface area contributed by atoms with Gasteiger partial charge in [0.25, 0.3) is 5.91 Å². The summed E-state index contributed by atoms with van der Waals surface area (Å²) in [6.07, 6.45) is 0.0232. The van der Waals surface area contributed by atoms with Crippen molar-refractivity contribution in [3.05, 3.63) is 58.1 Å². The molecule has 1 aliphatic heterocycles. The van der Waals surface area contributed by atoms with Crippen LogP contribution in [0.2, 0.25) is 0 Å². The van der Waals surface area contributed by atoms with Crippen molar-refractivity contribution in [3.63, 3.8) is 0 Å². The van der Waals surface area contributed by atoms with Crippen LogP contribution in [-0.4, -0.2) is 44.5 Å². The zero-order valence-corrected chi connectivity index (χ0v) is 14.3. The van der Waals surface area contributed by atoms with Crippen LogP contribution in [-0.2, 0) is 11.2 Å². The number of hydrogen-bond donors (Lipinski definition) is 3. The van der Waals surface area contributed by atoms with E-state index >= 15 is 0 Å². The highest BCUT2D eigenvalue weighted by molar-refractivity contribution is 6.04. The van der Waals surface area contributed by atoms with Crippen molar-refractivity contribution in [3.8, 4) is 0 Å². The van der Waals surface area contributed by atoms with E-state index in [1.54, 1.807) is 30.5 Å². The highest BCUT2D eigenvalue weighted by Crippen LogP contribution is 2.28. The number of aliphatic hydroxyl groups is 2. The minimum Gasteiger partial charge on any atom is -0.394 e. The Hall–Kier alpha value is -2.55. The number of rotatable bonds is 5. The van der Waals surface area contributed by atoms with Crippen LogP contribution in [0.5, 0.6) is 0 Å². The number of hydrogen-bond acceptors (Lipinski definition) is 6. The molecular formula is C18H21N3O5. The molecule has 0 spiro atoms. The first-order chi connectivity index (χ1) is 12.5. The molecule has 1 aromatic carbocycles. The fourth-order valence-electron chi connectivity index (χ4n) is 2.90. The van der Waals surface area contributed by atoms with Crippen LogP contribution in [0.4, 0.5) is 5.82 Å². The summed E-state index contributed by atoms with van der Waals surface area (Å²) in [5.41, 5.74) is 0.536. The first-order valence-corrected chi connectivity index (χ1v) is 8.46. The Morgan fingerprint density at radius 1 is 1.38 bits per heavy atom. The molecule has 8 nitrogen and oxygen atoms in total. The molecule has 0 unspecified atom stereocenters. The van der Waals surface area contributed by atoms with Gasteiger partial charge in [-0.25, -0.2) is 4.79 Å². The molecule has 0 bridgehead atoms. The topological polar surface area (TPSA) is 114 Å². The standard InChI is InChI=1S/C18H21N3O5/c1-2-11-9-21(15-8-13(23)14(10-22)26-15)18(25)20-16(11)19-17(24)12-6-4-3-5-7-12/h3-7,9,13-15,22-23H,2,8,10H2,1H3,(H,19,20,24,25)/t13-,14+,15+/m0/s1. The minimum atomic E-state index is -0.848. The molecule has 3 rings (SSSR count). The number of carbonyl (C=O) groups excluding carboxylic acids is 1. The average Bonchev–Trinajstić information content (AvgIpc) is 3.03. The molecule has 8 heteroatoms. The summed E-state index contributed by atoms with van der Waals surface area (Å²) in [6, 6.07) is 8.65. The van der Waals surface area contributed by atoms with E-state index in [4.69, 9.17) is 4.74 Å². The number of aromatic nitrogens is 2. The predicted molar refractivity (Wildman–Crippen MR) is 93.9 cm³/mol. The molecule has 0 aliphatic carbocycles. The molecule has 2 aromatic rings. The SMILES string of the molecule is CCc1cn([C@H]2C[C@H](O)[C@@H](CO)O2)c(=O)nc1NC(=O)c1ccccc1. The van der Waals surface area contributed by atoms with E-state index < -0.39 is 24.1 Å². The predicted octanol–water partition coefficient (Wildman–Crippen LogP) is 0.699. The lowest BCUT2D eigenvalue weighted by Gasteiger charge is -2.17. The molecule has 0 saturated carbocycles. The fourth-order valence-corrected chi connectivity index (χ4v) is 2.90. The second-order valence-electron chi connectivity index (χ2n) is 6.09. The number of ether oxygens (including phenoxy) is 1. The smallest absolute Gasteiger partial charge is 0.351 e. The molecule has 1 aromatic heterocycles. The zero-order valence-electron chi connectivity index (χ0n) is 14.3. The molecule has 1 aliphatic rings. The van der Waals surface area contributed by atoms with Crippen molar-refractivity contribution in [1.82, 2.24) is 9.55 Å². The van der Waals surface area contributed by atoms with Gasteiger partial charge in [0.15, 0.2) is 0 Å². The van der Waals surface area contributed by atoms with Gasteiger partial charge in [0.2, 0.25) is 0 Å². The van der Waals surface area contributed by atoms with Gasteiger partial charge in [-0.15, -0.1) is 0 Å². The number of nitrogens with one attached hydrogen (secondary N) is 1. The lowest BCUT2D eigenvalue weighted by Crippen LogP contribution is -2.30. The summed E-state index contributed by atoms with van der Waals surface area (Å²) in [6.45, 7) is 1.55. The monoisotopic (exact) mass is 359 g/mol. The Balaban J connectivity index is 1.86. The maximum atomic E-state index is 12.4. The highest BCUT2D eigenvalue weighted by Gasteiger charge is 2.35. The molecule has 3 N–H and O–H groups in total. The molecule has 1 fully saturated rings. The van der Waals surface area contributed by atoms with E-state index in [2.05, 4.69) is 10.3 Å². The van der Waals surface area contributed by atoms with Gasteiger partial charge in [-0.2, -0.15) is 4.98 Å². The number of benzene rings is 1. The minimum absolute atomic E-state index is 0.186. The highest BCUT2D eigenvalue weighted by atomic mass is 16.5. The zero-order chi connectivity index (χ0) is 18.7. The van der Waals surface area contributed by atoms with Gasteiger partial charge in [-0.3, -0.25) is 9.36 Å². The van der Waals surface area contributed by atoms with Crippen LogP contribution in [0, 0.1) is 0 Å². The van der Waals surface area contributed by atoms with E-state index in [0.29, 0.717) is 17.5 Å². The number of carbonyl (C=O) groups is 1. The second kappa shape index (κ2) is 7.77. The van der Waals surface area contributed by atoms with Crippen LogP contribution >= 0.6 is 0 Å². The van der Waals surface area contributed by atoms with Crippen LogP contribution in [0.1, 0.15) is 35.5 Å². The van der Waals surface area contributed by atoms with Crippen molar-refractivity contribution in [2.45, 2.75) is 38.2 Å². The maximum absolute atomic E-state index is 12.4. The van der Waals surface area contributed by atoms with Crippen LogP contribution in [0.15, 0.2) is 41.3 Å². The van der Waals surface area contributed by atoms with Gasteiger partial charge in [0.1, 0.15) is 18.1 Å². The quantitative estimate of drug-likeness (QED) is 0.724. The van der Waals surface area contributed by atoms with Crippen molar-refractivity contribution < 1.29 is 19.7 Å². The maximum Gasteiger partial charge on any atom is 0.351 e. The van der Waals surface area contributed by atoms with Crippen molar-refractivity contribution in [2.24, 2.45) is 0 Å². The van der Waals surface area contributed by atoms with E-state index in [-0.39, 0.29) is 24.8 Å². The Morgan fingerprint density at radius 2 is 2.12 bits per heavy atom. The van der Waals surface area contributed by atoms with Crippen LogP contribution < -0.4 is 11.0 Å². The van der Waals surface area contributed by atoms with Gasteiger partial charge in [-0.1, -0.05) is 25.1 Å². The number of amides is 1. The lowest BCUT2D eigenvalue weighted by molar-refractivity contribution is -0.0459. The van der Waals surface area contributed by atoms with Crippen molar-refractivity contribution in [1.29, 1.82) is 0 Å². The Morgan fingerprint density at radius 3 is 2.73 bits per heavy atom. The number of anilines is 1. The summed E-state index contributed by atoms with van der Waals surface area (Å²) < 4.78 is 6.80. The fraction of sp³-hybridized carbons (Fsp3) is 0.389. The number of nitrogens with zero attached hydrogens (tertiary/aromatic N) is 2. The van der Waals surface area contributed by atoms with Crippen molar-refractivity contribution >= 4 is 11.7 Å². The van der Waals surface area contributed by atoms with Crippen molar-refractivity contribution in [2.75, 3.05) is 11.9 Å². The average molecular weight is 359 g/mol. The van der Waals surface area contributed by atoms with E-state index in [0.717, 1.165) is 0 Å². The second-order valence-corrected chi connectivity index (χ2v) is 6.09. The van der Waals surface area contributed by atoms with Gasteiger partial charge in [-0.05, 0) is 18.6 Å². The first kappa shape index (κ1) is 18.2. The summed E-state index contributed by atoms with van der Waals surface area (Å²) in [5, 5.41) is 21.7. The Bertz CT molecular complexity index is 836. The van der Waals surface area contributed by atoms with Crippen LogP contribution in [0.25, 0.3) is 0 Å². The number of aryl methyl sites for hydroxylation is 1. The normalized spacial score (nSPS) is 22.3. The Labute approximate surface area is 150 Å². The molecule has 1 amide bonds. The molecule has 3 atom stereocenters. The van der Waals surface area contributed by atoms with Gasteiger partial charge >= 0.3 is 5.69 Å². The van der Waals surface area contributed by atoms with E-state index in [9.17, 15) is 19.8 Å². The molecular weight excluding hydrogens is 338 g/mol. The van der Waals surface area contributed by atoms with Gasteiger partial charge in [0.05, 0.1) is 12.7 Å². The third kappa shape index (κ3) is 3.67. The lowest BCUT2D eigenvalue weighted by atomic mass is 10.2. The van der Waals surface area contributed by atoms with Gasteiger partial charge in [0, 0.05) is 23.7 Å². The summed E-state index contributed by atoms with van der Waals surface area (Å²) in [4.78, 5) is 28.7. The summed E-state index contributed by atoms with van der Waals surface area (Å²) in [5.74, 6) is -0.141.